The fraction of sp³-hybridized carbons (Fsp3) is 0.244. The quantitative estimate of drug-likeness (QED) is 0.0671. The van der Waals surface area contributed by atoms with E-state index in [1.807, 2.05) is 93.6 Å². The monoisotopic (exact) mass is 792 g/mol. The Bertz CT molecular complexity index is 2460. The number of H-pyrrole nitrogens is 2. The Morgan fingerprint density at radius 1 is 0.644 bits per heavy atom. The molecule has 2 aliphatic carbocycles. The van der Waals surface area contributed by atoms with Gasteiger partial charge in [-0.1, -0.05) is 36.4 Å². The maximum atomic E-state index is 12.7. The smallest absolute Gasteiger partial charge is 0.320 e. The van der Waals surface area contributed by atoms with Gasteiger partial charge in [0.25, 0.3) is 0 Å². The minimum absolute atomic E-state index is 0.0241. The summed E-state index contributed by atoms with van der Waals surface area (Å²) in [6.45, 7) is 6.17. The number of aromatic nitrogens is 4. The highest BCUT2D eigenvalue weighted by atomic mass is 16.2. The van der Waals surface area contributed by atoms with Gasteiger partial charge >= 0.3 is 12.1 Å². The van der Waals surface area contributed by atoms with E-state index in [1.54, 1.807) is 24.5 Å². The molecular weight excluding hydrogens is 745 g/mol. The normalized spacial score (nSPS) is 13.0. The molecule has 0 aliphatic heterocycles. The van der Waals surface area contributed by atoms with Crippen molar-refractivity contribution in [1.82, 2.24) is 30.6 Å². The number of aromatic amines is 2. The first-order valence-corrected chi connectivity index (χ1v) is 19.9. The standard InChI is InChI=1S/C23H25N5O2.C22H23N5O2/c1-14(2)25-23(30)28-19-13-15(11-12-24-19)21-22(26-16-7-4-3-5-8-16)20-17(27-21)9-6-10-18(20)29;1-2-23-22(29)27-18-13-14(11-12-24-18)20-21(25-15-7-4-3-5-8-15)19-16(26-20)9-6-10-17(19)28/h3-5,7-8,11-14,26-27H,6,9-10H2,1-2H3,(H2,24,25,28,30);3-5,7-8,11-13,25-26H,2,6,9-10H2,1H3,(H2,23,24,27,29). The number of nitrogens with one attached hydrogen (secondary N) is 8. The lowest BCUT2D eigenvalue weighted by Crippen LogP contribution is -2.34. The first-order chi connectivity index (χ1) is 28.7. The van der Waals surface area contributed by atoms with E-state index in [0.717, 1.165) is 93.5 Å². The molecule has 2 aromatic carbocycles. The van der Waals surface area contributed by atoms with Crippen molar-refractivity contribution in [2.45, 2.75) is 65.3 Å². The van der Waals surface area contributed by atoms with Crippen LogP contribution in [0.4, 0.5) is 44.0 Å². The van der Waals surface area contributed by atoms with Crippen LogP contribution in [0, 0.1) is 0 Å². The number of hydrogen-bond acceptors (Lipinski definition) is 8. The van der Waals surface area contributed by atoms with Crippen molar-refractivity contribution in [3.63, 3.8) is 0 Å². The van der Waals surface area contributed by atoms with Crippen LogP contribution in [0.2, 0.25) is 0 Å². The molecule has 4 heterocycles. The zero-order valence-corrected chi connectivity index (χ0v) is 33.3. The number of urea groups is 2. The van der Waals surface area contributed by atoms with Crippen LogP contribution in [0.25, 0.3) is 22.5 Å². The Balaban J connectivity index is 0.000000179. The van der Waals surface area contributed by atoms with Gasteiger partial charge in [-0.3, -0.25) is 20.2 Å². The maximum Gasteiger partial charge on any atom is 0.320 e. The van der Waals surface area contributed by atoms with E-state index in [-0.39, 0.29) is 29.7 Å². The molecule has 14 nitrogen and oxygen atoms in total. The SMILES string of the molecule is CC(C)NC(=O)Nc1cc(-c2[nH]c3c(c2Nc2ccccc2)C(=O)CCC3)ccn1.CCNC(=O)Nc1cc(-c2[nH]c3c(c2Nc2ccccc2)C(=O)CCC3)ccn1. The molecule has 0 fully saturated rings. The van der Waals surface area contributed by atoms with E-state index < -0.39 is 0 Å². The molecule has 0 spiro atoms. The topological polar surface area (TPSA) is 198 Å². The summed E-state index contributed by atoms with van der Waals surface area (Å²) in [5.41, 5.74) is 10.0. The highest BCUT2D eigenvalue weighted by Gasteiger charge is 2.28. The van der Waals surface area contributed by atoms with Crippen molar-refractivity contribution in [1.29, 1.82) is 0 Å². The van der Waals surface area contributed by atoms with E-state index in [2.05, 4.69) is 51.8 Å². The van der Waals surface area contributed by atoms with Crippen LogP contribution in [-0.2, 0) is 12.8 Å². The largest absolute Gasteiger partial charge is 0.356 e. The molecule has 14 heteroatoms. The third kappa shape index (κ3) is 9.67. The number of fused-ring (bicyclic) bond motifs is 2. The van der Waals surface area contributed by atoms with Crippen LogP contribution in [-0.4, -0.2) is 56.2 Å². The molecule has 0 bridgehead atoms. The minimum atomic E-state index is -0.307. The number of hydrogen-bond donors (Lipinski definition) is 8. The number of anilines is 6. The van der Waals surface area contributed by atoms with Gasteiger partial charge in [0.05, 0.1) is 33.9 Å². The van der Waals surface area contributed by atoms with Crippen molar-refractivity contribution in [3.05, 3.63) is 120 Å². The van der Waals surface area contributed by atoms with Gasteiger partial charge < -0.3 is 31.2 Å². The number of nitrogens with zero attached hydrogens (tertiary/aromatic N) is 2. The van der Waals surface area contributed by atoms with Crippen LogP contribution >= 0.6 is 0 Å². The third-order valence-electron chi connectivity index (χ3n) is 9.80. The number of benzene rings is 2. The minimum Gasteiger partial charge on any atom is -0.356 e. The average molecular weight is 793 g/mol. The lowest BCUT2D eigenvalue weighted by molar-refractivity contribution is 0.0965. The zero-order chi connectivity index (χ0) is 41.3. The van der Waals surface area contributed by atoms with Gasteiger partial charge in [-0.2, -0.15) is 0 Å². The number of aryl methyl sites for hydroxylation is 2. The van der Waals surface area contributed by atoms with Gasteiger partial charge in [-0.25, -0.2) is 19.6 Å². The molecule has 0 unspecified atom stereocenters. The molecule has 8 rings (SSSR count). The van der Waals surface area contributed by atoms with Crippen molar-refractivity contribution < 1.29 is 19.2 Å². The predicted octanol–water partition coefficient (Wildman–Crippen LogP) is 9.35. The molecule has 0 radical (unpaired) electrons. The van der Waals surface area contributed by atoms with E-state index in [4.69, 9.17) is 0 Å². The van der Waals surface area contributed by atoms with Gasteiger partial charge in [-0.15, -0.1) is 0 Å². The van der Waals surface area contributed by atoms with Gasteiger partial charge in [0.1, 0.15) is 11.6 Å². The Morgan fingerprint density at radius 2 is 1.10 bits per heavy atom. The molecule has 0 atom stereocenters. The number of carbonyl (C=O) groups excluding carboxylic acids is 4. The summed E-state index contributed by atoms with van der Waals surface area (Å²) in [6.07, 6.45) is 7.74. The summed E-state index contributed by atoms with van der Waals surface area (Å²) in [6, 6.07) is 26.3. The Kier molecular flexibility index (Phi) is 12.4. The average Bonchev–Trinajstić information content (AvgIpc) is 3.78. The summed E-state index contributed by atoms with van der Waals surface area (Å²) >= 11 is 0. The molecule has 0 saturated heterocycles. The molecule has 0 saturated carbocycles. The lowest BCUT2D eigenvalue weighted by Gasteiger charge is -2.14. The summed E-state index contributed by atoms with van der Waals surface area (Å²) in [4.78, 5) is 64.7. The summed E-state index contributed by atoms with van der Waals surface area (Å²) in [5, 5.41) is 17.8. The summed E-state index contributed by atoms with van der Waals surface area (Å²) in [7, 11) is 0. The number of ketones is 2. The second kappa shape index (κ2) is 18.4. The number of para-hydroxylation sites is 2. The third-order valence-corrected chi connectivity index (χ3v) is 9.80. The second-order valence-electron chi connectivity index (χ2n) is 14.6. The van der Waals surface area contributed by atoms with Crippen molar-refractivity contribution >= 4 is 58.0 Å². The van der Waals surface area contributed by atoms with Crippen molar-refractivity contribution in [3.8, 4) is 22.5 Å². The molecule has 4 amide bonds. The first-order valence-electron chi connectivity index (χ1n) is 19.9. The van der Waals surface area contributed by atoms with Crippen molar-refractivity contribution in [2.24, 2.45) is 0 Å². The zero-order valence-electron chi connectivity index (χ0n) is 33.3. The van der Waals surface area contributed by atoms with Gasteiger partial charge in [0, 0.05) is 71.7 Å². The lowest BCUT2D eigenvalue weighted by atomic mass is 9.95. The van der Waals surface area contributed by atoms with Gasteiger partial charge in [0.15, 0.2) is 11.6 Å². The number of Topliss-reactive ketones (excluding diaryl/α,β-unsaturated/α-hetero) is 2. The summed E-state index contributed by atoms with van der Waals surface area (Å²) in [5.74, 6) is 1.16. The van der Waals surface area contributed by atoms with Crippen LogP contribution in [0.15, 0.2) is 97.3 Å². The van der Waals surface area contributed by atoms with Crippen LogP contribution in [0.1, 0.15) is 78.6 Å². The summed E-state index contributed by atoms with van der Waals surface area (Å²) < 4.78 is 0. The van der Waals surface area contributed by atoms with Crippen LogP contribution in [0.5, 0.6) is 0 Å². The van der Waals surface area contributed by atoms with Gasteiger partial charge in [-0.05, 0) is 95.0 Å². The number of pyridine rings is 2. The molecule has 302 valence electrons. The van der Waals surface area contributed by atoms with E-state index >= 15 is 0 Å². The number of amides is 4. The van der Waals surface area contributed by atoms with E-state index in [0.29, 0.717) is 31.0 Å². The molecule has 6 aromatic rings. The molecule has 8 N–H and O–H groups in total. The Labute approximate surface area is 342 Å². The molecule has 4 aromatic heterocycles. The number of rotatable bonds is 10. The fourth-order valence-corrected chi connectivity index (χ4v) is 7.25. The van der Waals surface area contributed by atoms with E-state index in [1.165, 1.54) is 0 Å². The Hall–Kier alpha value is -7.22. The maximum absolute atomic E-state index is 12.7. The Morgan fingerprint density at radius 3 is 1.54 bits per heavy atom. The number of carbonyl (C=O) groups is 4. The van der Waals surface area contributed by atoms with E-state index in [9.17, 15) is 19.2 Å². The molecule has 2 aliphatic rings. The molecular formula is C45H48N10O4. The molecule has 59 heavy (non-hydrogen) atoms. The van der Waals surface area contributed by atoms with Gasteiger partial charge in [0.2, 0.25) is 0 Å². The first kappa shape index (κ1) is 40.0. The van der Waals surface area contributed by atoms with Crippen molar-refractivity contribution in [2.75, 3.05) is 27.8 Å². The highest BCUT2D eigenvalue weighted by molar-refractivity contribution is 6.08. The van der Waals surface area contributed by atoms with Crippen LogP contribution in [0.3, 0.4) is 0 Å². The second-order valence-corrected chi connectivity index (χ2v) is 14.6. The van der Waals surface area contributed by atoms with Crippen LogP contribution < -0.4 is 31.9 Å². The predicted molar refractivity (Wildman–Crippen MR) is 232 cm³/mol. The highest BCUT2D eigenvalue weighted by Crippen LogP contribution is 2.40. The fourth-order valence-electron chi connectivity index (χ4n) is 7.25.